The second-order valence-corrected chi connectivity index (χ2v) is 5.02. The topological polar surface area (TPSA) is 64.0 Å². The third kappa shape index (κ3) is 3.56. The van der Waals surface area contributed by atoms with Gasteiger partial charge in [0.15, 0.2) is 0 Å². The lowest BCUT2D eigenvalue weighted by molar-refractivity contribution is -0.116. The first-order valence-corrected chi connectivity index (χ1v) is 6.99. The Morgan fingerprint density at radius 3 is 2.38 bits per heavy atom. The minimum atomic E-state index is -0.174. The number of nitrogens with zero attached hydrogens (tertiary/aromatic N) is 2. The van der Waals surface area contributed by atoms with Crippen molar-refractivity contribution in [3.63, 3.8) is 0 Å². The fourth-order valence-corrected chi connectivity index (χ4v) is 2.10. The maximum atomic E-state index is 12.3. The quantitative estimate of drug-likeness (QED) is 0.939. The highest BCUT2D eigenvalue weighted by Gasteiger charge is 2.12. The molecule has 0 saturated heterocycles. The molecular formula is C16H19N3O2. The van der Waals surface area contributed by atoms with Gasteiger partial charge in [0, 0.05) is 23.4 Å². The summed E-state index contributed by atoms with van der Waals surface area (Å²) in [6.07, 6.45) is 1.30. The second kappa shape index (κ2) is 6.35. The molecule has 1 amide bonds. The molecule has 1 aromatic carbocycles. The molecule has 1 heterocycles. The molecule has 0 fully saturated rings. The summed E-state index contributed by atoms with van der Waals surface area (Å²) in [5.74, 6) is -0.192. The number of anilines is 1. The van der Waals surface area contributed by atoms with Crippen LogP contribution in [0.25, 0.3) is 0 Å². The average Bonchev–Trinajstić information content (AvgIpc) is 2.78. The Labute approximate surface area is 124 Å². The van der Waals surface area contributed by atoms with Crippen LogP contribution in [0.1, 0.15) is 41.5 Å². The van der Waals surface area contributed by atoms with Crippen molar-refractivity contribution in [3.05, 3.63) is 47.3 Å². The van der Waals surface area contributed by atoms with Crippen molar-refractivity contribution < 1.29 is 9.59 Å². The van der Waals surface area contributed by atoms with Crippen molar-refractivity contribution in [2.24, 2.45) is 0 Å². The second-order valence-electron chi connectivity index (χ2n) is 5.02. The lowest BCUT2D eigenvalue weighted by atomic mass is 10.2. The fraction of sp³-hybridized carbons (Fsp3) is 0.312. The Morgan fingerprint density at radius 2 is 1.86 bits per heavy atom. The van der Waals surface area contributed by atoms with E-state index >= 15 is 0 Å². The van der Waals surface area contributed by atoms with Crippen LogP contribution < -0.4 is 5.32 Å². The molecule has 0 aliphatic heterocycles. The van der Waals surface area contributed by atoms with Gasteiger partial charge in [-0.25, -0.2) is 4.68 Å². The van der Waals surface area contributed by atoms with E-state index in [0.29, 0.717) is 17.7 Å². The van der Waals surface area contributed by atoms with Crippen molar-refractivity contribution >= 4 is 17.5 Å². The Bertz CT molecular complexity index is 657. The molecule has 110 valence electrons. The van der Waals surface area contributed by atoms with Gasteiger partial charge in [0.05, 0.1) is 5.69 Å². The molecule has 0 atom stereocenters. The maximum Gasteiger partial charge on any atom is 0.278 e. The molecule has 21 heavy (non-hydrogen) atoms. The summed E-state index contributed by atoms with van der Waals surface area (Å²) in [7, 11) is 0. The highest BCUT2D eigenvalue weighted by atomic mass is 16.2. The third-order valence-corrected chi connectivity index (χ3v) is 3.09. The number of amides is 1. The average molecular weight is 285 g/mol. The maximum absolute atomic E-state index is 12.3. The van der Waals surface area contributed by atoms with Gasteiger partial charge in [-0.15, -0.1) is 0 Å². The van der Waals surface area contributed by atoms with Crippen LogP contribution >= 0.6 is 0 Å². The summed E-state index contributed by atoms with van der Waals surface area (Å²) >= 11 is 0. The predicted octanol–water partition coefficient (Wildman–Crippen LogP) is 2.93. The molecule has 5 nitrogen and oxygen atoms in total. The SMILES string of the molecule is CCCC(=O)Nc1ccc(C(=O)n2nc(C)cc2C)cc1. The summed E-state index contributed by atoms with van der Waals surface area (Å²) in [6, 6.07) is 8.71. The van der Waals surface area contributed by atoms with Crippen LogP contribution in [0.5, 0.6) is 0 Å². The molecular weight excluding hydrogens is 266 g/mol. The number of aryl methyl sites for hydroxylation is 2. The number of rotatable bonds is 4. The zero-order valence-electron chi connectivity index (χ0n) is 12.5. The summed E-state index contributed by atoms with van der Waals surface area (Å²) in [5, 5.41) is 6.97. The first kappa shape index (κ1) is 15.0. The Kier molecular flexibility index (Phi) is 4.52. The first-order valence-electron chi connectivity index (χ1n) is 6.99. The summed E-state index contributed by atoms with van der Waals surface area (Å²) in [5.41, 5.74) is 2.84. The van der Waals surface area contributed by atoms with E-state index in [-0.39, 0.29) is 11.8 Å². The van der Waals surface area contributed by atoms with Gasteiger partial charge < -0.3 is 5.32 Å². The highest BCUT2D eigenvalue weighted by Crippen LogP contribution is 2.13. The van der Waals surface area contributed by atoms with Gasteiger partial charge in [-0.3, -0.25) is 9.59 Å². The molecule has 1 N–H and O–H groups in total. The van der Waals surface area contributed by atoms with Crippen molar-refractivity contribution in [2.45, 2.75) is 33.6 Å². The van der Waals surface area contributed by atoms with Crippen LogP contribution in [-0.4, -0.2) is 21.6 Å². The number of aromatic nitrogens is 2. The molecule has 0 aliphatic rings. The Balaban J connectivity index is 2.13. The summed E-state index contributed by atoms with van der Waals surface area (Å²) in [4.78, 5) is 23.8. The van der Waals surface area contributed by atoms with E-state index in [0.717, 1.165) is 17.8 Å². The molecule has 2 aromatic rings. The molecule has 1 aromatic heterocycles. The van der Waals surface area contributed by atoms with E-state index in [1.807, 2.05) is 26.8 Å². The Hall–Kier alpha value is -2.43. The molecule has 0 unspecified atom stereocenters. The van der Waals surface area contributed by atoms with Crippen molar-refractivity contribution in [1.82, 2.24) is 9.78 Å². The van der Waals surface area contributed by atoms with Gasteiger partial charge in [0.25, 0.3) is 5.91 Å². The molecule has 0 bridgehead atoms. The van der Waals surface area contributed by atoms with Crippen LogP contribution in [0.4, 0.5) is 5.69 Å². The lowest BCUT2D eigenvalue weighted by Crippen LogP contribution is -2.15. The van der Waals surface area contributed by atoms with Crippen LogP contribution in [-0.2, 0) is 4.79 Å². The van der Waals surface area contributed by atoms with E-state index in [2.05, 4.69) is 10.4 Å². The van der Waals surface area contributed by atoms with E-state index in [4.69, 9.17) is 0 Å². The van der Waals surface area contributed by atoms with Crippen molar-refractivity contribution in [2.75, 3.05) is 5.32 Å². The predicted molar refractivity (Wildman–Crippen MR) is 81.4 cm³/mol. The number of carbonyl (C=O) groups excluding carboxylic acids is 2. The largest absolute Gasteiger partial charge is 0.326 e. The molecule has 0 aliphatic carbocycles. The number of hydrogen-bond donors (Lipinski definition) is 1. The van der Waals surface area contributed by atoms with Crippen LogP contribution in [0.15, 0.2) is 30.3 Å². The fourth-order valence-electron chi connectivity index (χ4n) is 2.10. The summed E-state index contributed by atoms with van der Waals surface area (Å²) in [6.45, 7) is 5.65. The van der Waals surface area contributed by atoms with E-state index in [9.17, 15) is 9.59 Å². The van der Waals surface area contributed by atoms with Gasteiger partial charge in [-0.05, 0) is 50.6 Å². The summed E-state index contributed by atoms with van der Waals surface area (Å²) < 4.78 is 1.39. The molecule has 0 radical (unpaired) electrons. The minimum absolute atomic E-state index is 0.0184. The van der Waals surface area contributed by atoms with Gasteiger partial charge >= 0.3 is 0 Å². The molecule has 0 spiro atoms. The normalized spacial score (nSPS) is 10.4. The van der Waals surface area contributed by atoms with E-state index in [1.54, 1.807) is 24.3 Å². The third-order valence-electron chi connectivity index (χ3n) is 3.09. The molecule has 5 heteroatoms. The molecule has 0 saturated carbocycles. The Morgan fingerprint density at radius 1 is 1.19 bits per heavy atom. The minimum Gasteiger partial charge on any atom is -0.326 e. The van der Waals surface area contributed by atoms with Crippen LogP contribution in [0, 0.1) is 13.8 Å². The first-order chi connectivity index (χ1) is 10.0. The number of hydrogen-bond acceptors (Lipinski definition) is 3. The van der Waals surface area contributed by atoms with Crippen LogP contribution in [0.2, 0.25) is 0 Å². The van der Waals surface area contributed by atoms with E-state index in [1.165, 1.54) is 4.68 Å². The van der Waals surface area contributed by atoms with E-state index < -0.39 is 0 Å². The highest BCUT2D eigenvalue weighted by molar-refractivity contribution is 5.97. The van der Waals surface area contributed by atoms with Crippen molar-refractivity contribution in [1.29, 1.82) is 0 Å². The van der Waals surface area contributed by atoms with Crippen LogP contribution in [0.3, 0.4) is 0 Å². The zero-order chi connectivity index (χ0) is 15.4. The van der Waals surface area contributed by atoms with Gasteiger partial charge in [0.1, 0.15) is 0 Å². The number of benzene rings is 1. The zero-order valence-corrected chi connectivity index (χ0v) is 12.5. The van der Waals surface area contributed by atoms with Crippen molar-refractivity contribution in [3.8, 4) is 0 Å². The standard InChI is InChI=1S/C16H19N3O2/c1-4-5-15(20)17-14-8-6-13(7-9-14)16(21)19-12(3)10-11(2)18-19/h6-10H,4-5H2,1-3H3,(H,17,20). The monoisotopic (exact) mass is 285 g/mol. The van der Waals surface area contributed by atoms with Gasteiger partial charge in [-0.2, -0.15) is 5.10 Å². The molecule has 2 rings (SSSR count). The smallest absolute Gasteiger partial charge is 0.278 e. The number of nitrogens with one attached hydrogen (secondary N) is 1. The number of carbonyl (C=O) groups is 2. The van der Waals surface area contributed by atoms with Gasteiger partial charge in [0.2, 0.25) is 5.91 Å². The lowest BCUT2D eigenvalue weighted by Gasteiger charge is -2.06. The van der Waals surface area contributed by atoms with Gasteiger partial charge in [-0.1, -0.05) is 6.92 Å².